The van der Waals surface area contributed by atoms with E-state index in [9.17, 15) is 22.8 Å². The number of nitrogens with one attached hydrogen (secondary N) is 1. The SMILES string of the molecule is O=C(CCC(F)(F)F)NCC1CCCCC1C(=O)O. The Labute approximate surface area is 109 Å². The number of rotatable bonds is 5. The Balaban J connectivity index is 2.34. The van der Waals surface area contributed by atoms with E-state index in [1.807, 2.05) is 0 Å². The summed E-state index contributed by atoms with van der Waals surface area (Å²) in [5.74, 6) is -2.25. The van der Waals surface area contributed by atoms with Gasteiger partial charge < -0.3 is 10.4 Å². The van der Waals surface area contributed by atoms with Crippen LogP contribution in [0.1, 0.15) is 38.5 Å². The standard InChI is InChI=1S/C12H18F3NO3/c13-12(14,15)6-5-10(17)16-7-8-3-1-2-4-9(8)11(18)19/h8-9H,1-7H2,(H,16,17)(H,18,19). The highest BCUT2D eigenvalue weighted by Crippen LogP contribution is 2.29. The monoisotopic (exact) mass is 281 g/mol. The van der Waals surface area contributed by atoms with Gasteiger partial charge >= 0.3 is 12.1 Å². The van der Waals surface area contributed by atoms with E-state index in [1.54, 1.807) is 0 Å². The maximum absolute atomic E-state index is 11.9. The highest BCUT2D eigenvalue weighted by molar-refractivity contribution is 5.76. The number of carboxylic acids is 1. The van der Waals surface area contributed by atoms with E-state index < -0.39 is 36.8 Å². The first-order valence-corrected chi connectivity index (χ1v) is 6.36. The summed E-state index contributed by atoms with van der Waals surface area (Å²) in [5.41, 5.74) is 0. The van der Waals surface area contributed by atoms with Crippen molar-refractivity contribution in [2.24, 2.45) is 11.8 Å². The van der Waals surface area contributed by atoms with Crippen molar-refractivity contribution in [1.82, 2.24) is 5.32 Å². The predicted molar refractivity (Wildman–Crippen MR) is 61.4 cm³/mol. The van der Waals surface area contributed by atoms with Gasteiger partial charge in [0, 0.05) is 13.0 Å². The largest absolute Gasteiger partial charge is 0.481 e. The molecule has 0 heterocycles. The summed E-state index contributed by atoms with van der Waals surface area (Å²) in [6.45, 7) is 0.146. The van der Waals surface area contributed by atoms with E-state index in [4.69, 9.17) is 5.11 Å². The van der Waals surface area contributed by atoms with Gasteiger partial charge in [-0.1, -0.05) is 12.8 Å². The highest BCUT2D eigenvalue weighted by atomic mass is 19.4. The molecule has 0 saturated heterocycles. The van der Waals surface area contributed by atoms with Gasteiger partial charge in [-0.15, -0.1) is 0 Å². The van der Waals surface area contributed by atoms with Crippen molar-refractivity contribution < 1.29 is 27.9 Å². The van der Waals surface area contributed by atoms with Gasteiger partial charge in [0.25, 0.3) is 0 Å². The lowest BCUT2D eigenvalue weighted by atomic mass is 9.79. The molecule has 1 aliphatic carbocycles. The average molecular weight is 281 g/mol. The molecule has 4 nitrogen and oxygen atoms in total. The molecule has 110 valence electrons. The lowest BCUT2D eigenvalue weighted by Gasteiger charge is -2.28. The Bertz CT molecular complexity index is 331. The summed E-state index contributed by atoms with van der Waals surface area (Å²) in [6.07, 6.45) is -3.09. The highest BCUT2D eigenvalue weighted by Gasteiger charge is 2.31. The number of alkyl halides is 3. The Morgan fingerprint density at radius 1 is 1.21 bits per heavy atom. The fourth-order valence-electron chi connectivity index (χ4n) is 2.37. The average Bonchev–Trinajstić information content (AvgIpc) is 2.33. The summed E-state index contributed by atoms with van der Waals surface area (Å²) in [7, 11) is 0. The minimum absolute atomic E-state index is 0.146. The first-order chi connectivity index (χ1) is 8.79. The number of aliphatic carboxylic acids is 1. The van der Waals surface area contributed by atoms with Gasteiger partial charge in [-0.25, -0.2) is 0 Å². The fourth-order valence-corrected chi connectivity index (χ4v) is 2.37. The molecule has 2 atom stereocenters. The lowest BCUT2D eigenvalue weighted by molar-refractivity contribution is -0.145. The van der Waals surface area contributed by atoms with Gasteiger partial charge in [-0.05, 0) is 18.8 Å². The summed E-state index contributed by atoms with van der Waals surface area (Å²) in [6, 6.07) is 0. The van der Waals surface area contributed by atoms with Crippen molar-refractivity contribution >= 4 is 11.9 Å². The van der Waals surface area contributed by atoms with Gasteiger partial charge in [0.15, 0.2) is 0 Å². The van der Waals surface area contributed by atoms with E-state index in [0.29, 0.717) is 12.8 Å². The van der Waals surface area contributed by atoms with E-state index in [2.05, 4.69) is 5.32 Å². The Morgan fingerprint density at radius 3 is 2.42 bits per heavy atom. The molecule has 19 heavy (non-hydrogen) atoms. The maximum Gasteiger partial charge on any atom is 0.389 e. The van der Waals surface area contributed by atoms with Crippen molar-refractivity contribution in [3.05, 3.63) is 0 Å². The van der Waals surface area contributed by atoms with Crippen molar-refractivity contribution in [3.63, 3.8) is 0 Å². The summed E-state index contributed by atoms with van der Waals surface area (Å²) in [4.78, 5) is 22.3. The molecule has 1 fully saturated rings. The van der Waals surface area contributed by atoms with Crippen LogP contribution in [0.25, 0.3) is 0 Å². The fraction of sp³-hybridized carbons (Fsp3) is 0.833. The van der Waals surface area contributed by atoms with Crippen molar-refractivity contribution in [2.75, 3.05) is 6.54 Å². The first-order valence-electron chi connectivity index (χ1n) is 6.36. The quantitative estimate of drug-likeness (QED) is 0.812. The smallest absolute Gasteiger partial charge is 0.389 e. The normalized spacial score (nSPS) is 23.9. The lowest BCUT2D eigenvalue weighted by Crippen LogP contribution is -2.37. The molecule has 0 radical (unpaired) electrons. The molecule has 2 unspecified atom stereocenters. The predicted octanol–water partition coefficient (Wildman–Crippen LogP) is 2.34. The molecule has 0 aromatic rings. The Kier molecular flexibility index (Phi) is 5.62. The zero-order valence-corrected chi connectivity index (χ0v) is 10.5. The third kappa shape index (κ3) is 5.94. The molecular formula is C12H18F3NO3. The van der Waals surface area contributed by atoms with E-state index in [-0.39, 0.29) is 12.5 Å². The molecule has 1 amide bonds. The number of carboxylic acid groups (broad SMARTS) is 1. The van der Waals surface area contributed by atoms with Crippen molar-refractivity contribution in [1.29, 1.82) is 0 Å². The summed E-state index contributed by atoms with van der Waals surface area (Å²) in [5, 5.41) is 11.4. The molecule has 1 rings (SSSR count). The molecule has 1 saturated carbocycles. The number of carbonyl (C=O) groups excluding carboxylic acids is 1. The van der Waals surface area contributed by atoms with Gasteiger partial charge in [-0.2, -0.15) is 13.2 Å². The Morgan fingerprint density at radius 2 is 1.84 bits per heavy atom. The van der Waals surface area contributed by atoms with Crippen LogP contribution in [-0.4, -0.2) is 29.7 Å². The molecule has 0 bridgehead atoms. The second-order valence-corrected chi connectivity index (χ2v) is 4.91. The number of hydrogen-bond acceptors (Lipinski definition) is 2. The van der Waals surface area contributed by atoms with Crippen LogP contribution in [0.15, 0.2) is 0 Å². The van der Waals surface area contributed by atoms with Crippen LogP contribution in [0.2, 0.25) is 0 Å². The van der Waals surface area contributed by atoms with Crippen LogP contribution in [0.5, 0.6) is 0 Å². The number of hydrogen-bond donors (Lipinski definition) is 2. The molecule has 0 spiro atoms. The number of amides is 1. The first kappa shape index (κ1) is 15.8. The number of halogens is 3. The zero-order chi connectivity index (χ0) is 14.5. The summed E-state index contributed by atoms with van der Waals surface area (Å²) < 4.78 is 35.8. The van der Waals surface area contributed by atoms with E-state index in [1.165, 1.54) is 0 Å². The van der Waals surface area contributed by atoms with Crippen LogP contribution < -0.4 is 5.32 Å². The minimum atomic E-state index is -4.34. The van der Waals surface area contributed by atoms with E-state index in [0.717, 1.165) is 12.8 Å². The molecular weight excluding hydrogens is 263 g/mol. The Hall–Kier alpha value is -1.27. The third-order valence-corrected chi connectivity index (χ3v) is 3.42. The van der Waals surface area contributed by atoms with Crippen LogP contribution >= 0.6 is 0 Å². The van der Waals surface area contributed by atoms with Gasteiger partial charge in [0.05, 0.1) is 12.3 Å². The molecule has 2 N–H and O–H groups in total. The minimum Gasteiger partial charge on any atom is -0.481 e. The second kappa shape index (κ2) is 6.77. The molecule has 0 aromatic carbocycles. The van der Waals surface area contributed by atoms with Crippen LogP contribution in [-0.2, 0) is 9.59 Å². The van der Waals surface area contributed by atoms with Crippen LogP contribution in [0.3, 0.4) is 0 Å². The molecule has 1 aliphatic rings. The molecule has 7 heteroatoms. The summed E-state index contributed by atoms with van der Waals surface area (Å²) >= 11 is 0. The third-order valence-electron chi connectivity index (χ3n) is 3.42. The van der Waals surface area contributed by atoms with Crippen molar-refractivity contribution in [2.45, 2.75) is 44.7 Å². The van der Waals surface area contributed by atoms with Crippen LogP contribution in [0, 0.1) is 11.8 Å². The number of carbonyl (C=O) groups is 2. The van der Waals surface area contributed by atoms with E-state index >= 15 is 0 Å². The topological polar surface area (TPSA) is 66.4 Å². The van der Waals surface area contributed by atoms with Gasteiger partial charge in [-0.3, -0.25) is 9.59 Å². The maximum atomic E-state index is 11.9. The van der Waals surface area contributed by atoms with Gasteiger partial charge in [0.1, 0.15) is 0 Å². The zero-order valence-electron chi connectivity index (χ0n) is 10.5. The van der Waals surface area contributed by atoms with Crippen molar-refractivity contribution in [3.8, 4) is 0 Å². The van der Waals surface area contributed by atoms with Crippen LogP contribution in [0.4, 0.5) is 13.2 Å². The van der Waals surface area contributed by atoms with Gasteiger partial charge in [0.2, 0.25) is 5.91 Å². The molecule has 0 aliphatic heterocycles. The second-order valence-electron chi connectivity index (χ2n) is 4.91. The molecule has 0 aromatic heterocycles.